The lowest BCUT2D eigenvalue weighted by atomic mass is 10.1. The van der Waals surface area contributed by atoms with Crippen molar-refractivity contribution in [2.75, 3.05) is 0 Å². The summed E-state index contributed by atoms with van der Waals surface area (Å²) in [6, 6.07) is 7.03. The zero-order valence-corrected chi connectivity index (χ0v) is 10.5. The first-order valence-corrected chi connectivity index (χ1v) is 5.82. The molecule has 0 heterocycles. The summed E-state index contributed by atoms with van der Waals surface area (Å²) in [5, 5.41) is 0. The molecule has 1 aromatic carbocycles. The number of hydrogen-bond donors (Lipinski definition) is 0. The molecule has 92 valence electrons. The van der Waals surface area contributed by atoms with Crippen molar-refractivity contribution in [3.05, 3.63) is 29.8 Å². The molecule has 3 heteroatoms. The van der Waals surface area contributed by atoms with Gasteiger partial charge < -0.3 is 4.74 Å². The van der Waals surface area contributed by atoms with Crippen molar-refractivity contribution in [1.82, 2.24) is 0 Å². The summed E-state index contributed by atoms with van der Waals surface area (Å²) in [5.41, 5.74) is 0.694. The Morgan fingerprint density at radius 3 is 2.29 bits per heavy atom. The minimum absolute atomic E-state index is 0.107. The quantitative estimate of drug-likeness (QED) is 0.710. The highest BCUT2D eigenvalue weighted by Gasteiger charge is 2.08. The molecular weight excluding hydrogens is 216 g/mol. The zero-order valence-electron chi connectivity index (χ0n) is 10.5. The standard InChI is InChI=1S/C14H18O3/c1-4-14(16)12-5-7-13(8-6-12)17-11(3)9-10(2)15/h5-8,11H,4,9H2,1-3H3. The largest absolute Gasteiger partial charge is 0.490 e. The zero-order chi connectivity index (χ0) is 12.8. The molecule has 0 aliphatic rings. The molecule has 0 fully saturated rings. The predicted molar refractivity (Wildman–Crippen MR) is 66.5 cm³/mol. The molecule has 0 bridgehead atoms. The van der Waals surface area contributed by atoms with Crippen LogP contribution in [-0.4, -0.2) is 17.7 Å². The van der Waals surface area contributed by atoms with Gasteiger partial charge in [-0.3, -0.25) is 9.59 Å². The summed E-state index contributed by atoms with van der Waals surface area (Å²) in [5.74, 6) is 0.912. The molecule has 1 aromatic rings. The van der Waals surface area contributed by atoms with E-state index in [4.69, 9.17) is 4.74 Å². The molecule has 0 saturated carbocycles. The summed E-state index contributed by atoms with van der Waals surface area (Å²) in [4.78, 5) is 22.3. The van der Waals surface area contributed by atoms with Crippen LogP contribution in [0, 0.1) is 0 Å². The van der Waals surface area contributed by atoms with Gasteiger partial charge in [0.1, 0.15) is 17.6 Å². The molecule has 0 aromatic heterocycles. The summed E-state index contributed by atoms with van der Waals surface area (Å²) in [7, 11) is 0. The van der Waals surface area contributed by atoms with Crippen LogP contribution >= 0.6 is 0 Å². The number of carbonyl (C=O) groups excluding carboxylic acids is 2. The minimum atomic E-state index is -0.139. The number of Topliss-reactive ketones (excluding diaryl/α,β-unsaturated/α-hetero) is 2. The van der Waals surface area contributed by atoms with Crippen molar-refractivity contribution >= 4 is 11.6 Å². The number of carbonyl (C=O) groups is 2. The number of ether oxygens (including phenoxy) is 1. The second-order valence-electron chi connectivity index (χ2n) is 4.14. The Morgan fingerprint density at radius 1 is 1.24 bits per heavy atom. The SMILES string of the molecule is CCC(=O)c1ccc(OC(C)CC(C)=O)cc1. The van der Waals surface area contributed by atoms with E-state index in [1.54, 1.807) is 31.2 Å². The maximum Gasteiger partial charge on any atom is 0.162 e. The molecule has 0 radical (unpaired) electrons. The first-order chi connectivity index (χ1) is 8.02. The van der Waals surface area contributed by atoms with Crippen molar-refractivity contribution in [1.29, 1.82) is 0 Å². The molecule has 0 amide bonds. The average molecular weight is 234 g/mol. The van der Waals surface area contributed by atoms with Gasteiger partial charge >= 0.3 is 0 Å². The van der Waals surface area contributed by atoms with Gasteiger partial charge in [-0.05, 0) is 38.1 Å². The molecule has 3 nitrogen and oxygen atoms in total. The summed E-state index contributed by atoms with van der Waals surface area (Å²) < 4.78 is 5.56. The highest BCUT2D eigenvalue weighted by atomic mass is 16.5. The summed E-state index contributed by atoms with van der Waals surface area (Å²) in [6.45, 7) is 5.23. The van der Waals surface area contributed by atoms with Crippen LogP contribution in [0.2, 0.25) is 0 Å². The number of ketones is 2. The van der Waals surface area contributed by atoms with E-state index >= 15 is 0 Å². The van der Waals surface area contributed by atoms with Crippen molar-refractivity contribution in [2.24, 2.45) is 0 Å². The van der Waals surface area contributed by atoms with Gasteiger partial charge in [0.2, 0.25) is 0 Å². The van der Waals surface area contributed by atoms with E-state index < -0.39 is 0 Å². The Morgan fingerprint density at radius 2 is 1.82 bits per heavy atom. The van der Waals surface area contributed by atoms with Gasteiger partial charge in [-0.2, -0.15) is 0 Å². The Kier molecular flexibility index (Phi) is 4.88. The van der Waals surface area contributed by atoms with E-state index in [-0.39, 0.29) is 17.7 Å². The fraction of sp³-hybridized carbons (Fsp3) is 0.429. The van der Waals surface area contributed by atoms with E-state index in [9.17, 15) is 9.59 Å². The van der Waals surface area contributed by atoms with E-state index in [0.29, 0.717) is 24.2 Å². The molecule has 0 saturated heterocycles. The fourth-order valence-electron chi connectivity index (χ4n) is 1.60. The van der Waals surface area contributed by atoms with Gasteiger partial charge in [-0.1, -0.05) is 6.92 Å². The van der Waals surface area contributed by atoms with Crippen LogP contribution in [0.5, 0.6) is 5.75 Å². The lowest BCUT2D eigenvalue weighted by molar-refractivity contribution is -0.118. The molecule has 1 rings (SSSR count). The first-order valence-electron chi connectivity index (χ1n) is 5.82. The molecule has 0 N–H and O–H groups in total. The van der Waals surface area contributed by atoms with Crippen LogP contribution in [0.15, 0.2) is 24.3 Å². The van der Waals surface area contributed by atoms with E-state index in [2.05, 4.69) is 0 Å². The van der Waals surface area contributed by atoms with Crippen molar-refractivity contribution in [2.45, 2.75) is 39.7 Å². The van der Waals surface area contributed by atoms with Crippen LogP contribution in [-0.2, 0) is 4.79 Å². The topological polar surface area (TPSA) is 43.4 Å². The Balaban J connectivity index is 2.62. The Labute approximate surface area is 102 Å². The lowest BCUT2D eigenvalue weighted by Gasteiger charge is -2.13. The van der Waals surface area contributed by atoms with E-state index in [1.165, 1.54) is 0 Å². The second kappa shape index (κ2) is 6.18. The first kappa shape index (κ1) is 13.4. The molecule has 0 spiro atoms. The van der Waals surface area contributed by atoms with Gasteiger partial charge in [0.25, 0.3) is 0 Å². The smallest absolute Gasteiger partial charge is 0.162 e. The molecule has 0 aliphatic heterocycles. The van der Waals surface area contributed by atoms with Crippen LogP contribution in [0.4, 0.5) is 0 Å². The van der Waals surface area contributed by atoms with Gasteiger partial charge in [-0.15, -0.1) is 0 Å². The number of hydrogen-bond acceptors (Lipinski definition) is 3. The second-order valence-corrected chi connectivity index (χ2v) is 4.14. The van der Waals surface area contributed by atoms with Crippen molar-refractivity contribution in [3.8, 4) is 5.75 Å². The van der Waals surface area contributed by atoms with Crippen LogP contribution < -0.4 is 4.74 Å². The minimum Gasteiger partial charge on any atom is -0.490 e. The summed E-state index contributed by atoms with van der Waals surface area (Å²) in [6.07, 6.45) is 0.761. The van der Waals surface area contributed by atoms with Crippen LogP contribution in [0.25, 0.3) is 0 Å². The third-order valence-electron chi connectivity index (χ3n) is 2.41. The lowest BCUT2D eigenvalue weighted by Crippen LogP contribution is -2.15. The van der Waals surface area contributed by atoms with Crippen LogP contribution in [0.1, 0.15) is 44.0 Å². The highest BCUT2D eigenvalue weighted by Crippen LogP contribution is 2.15. The maximum atomic E-state index is 11.4. The van der Waals surface area contributed by atoms with Crippen molar-refractivity contribution < 1.29 is 14.3 Å². The number of rotatable bonds is 6. The maximum absolute atomic E-state index is 11.4. The van der Waals surface area contributed by atoms with Crippen LogP contribution in [0.3, 0.4) is 0 Å². The van der Waals surface area contributed by atoms with Gasteiger partial charge in [-0.25, -0.2) is 0 Å². The fourth-order valence-corrected chi connectivity index (χ4v) is 1.60. The highest BCUT2D eigenvalue weighted by molar-refractivity contribution is 5.95. The van der Waals surface area contributed by atoms with E-state index in [1.807, 2.05) is 13.8 Å². The van der Waals surface area contributed by atoms with Gasteiger partial charge in [0.15, 0.2) is 5.78 Å². The number of benzene rings is 1. The van der Waals surface area contributed by atoms with E-state index in [0.717, 1.165) is 0 Å². The third kappa shape index (κ3) is 4.39. The van der Waals surface area contributed by atoms with Gasteiger partial charge in [0, 0.05) is 18.4 Å². The Hall–Kier alpha value is -1.64. The molecular formula is C14H18O3. The molecule has 1 atom stereocenters. The Bertz CT molecular complexity index is 392. The van der Waals surface area contributed by atoms with Crippen molar-refractivity contribution in [3.63, 3.8) is 0 Å². The average Bonchev–Trinajstić information content (AvgIpc) is 2.28. The predicted octanol–water partition coefficient (Wildman–Crippen LogP) is 3.03. The molecule has 1 unspecified atom stereocenters. The summed E-state index contributed by atoms with van der Waals surface area (Å²) >= 11 is 0. The normalized spacial score (nSPS) is 11.9. The third-order valence-corrected chi connectivity index (χ3v) is 2.41. The van der Waals surface area contributed by atoms with Gasteiger partial charge in [0.05, 0.1) is 0 Å². The molecule has 0 aliphatic carbocycles. The molecule has 17 heavy (non-hydrogen) atoms. The monoisotopic (exact) mass is 234 g/mol.